The summed E-state index contributed by atoms with van der Waals surface area (Å²) in [6, 6.07) is 0.241. The lowest BCUT2D eigenvalue weighted by atomic mass is 9.93. The van der Waals surface area contributed by atoms with E-state index in [0.717, 1.165) is 0 Å². The molecule has 1 aromatic rings. The first-order chi connectivity index (χ1) is 9.29. The van der Waals surface area contributed by atoms with Crippen molar-refractivity contribution in [1.82, 2.24) is 4.72 Å². The molecule has 1 aliphatic carbocycles. The number of hydrogen-bond donors (Lipinski definition) is 2. The Morgan fingerprint density at radius 3 is 2.15 bits per heavy atom. The number of nitrogens with one attached hydrogen (secondary N) is 1. The van der Waals surface area contributed by atoms with Crippen molar-refractivity contribution in [2.45, 2.75) is 42.7 Å². The third kappa shape index (κ3) is 3.31. The first kappa shape index (κ1) is 15.3. The maximum Gasteiger partial charge on any atom is 0.243 e. The van der Waals surface area contributed by atoms with E-state index in [-0.39, 0.29) is 18.2 Å². The zero-order chi connectivity index (χ0) is 14.9. The van der Waals surface area contributed by atoms with Crippen molar-refractivity contribution in [2.75, 3.05) is 0 Å². The summed E-state index contributed by atoms with van der Waals surface area (Å²) in [6.07, 6.45) is 2.39. The largest absolute Gasteiger partial charge is 0.328 e. The zero-order valence-electron chi connectivity index (χ0n) is 10.6. The molecule has 2 rings (SSSR count). The lowest BCUT2D eigenvalue weighted by Gasteiger charge is -2.26. The SMILES string of the molecule is NC1CCC(NS(=O)(=O)c2cc(F)c(F)cc2F)CC1. The van der Waals surface area contributed by atoms with E-state index in [0.29, 0.717) is 31.7 Å². The fraction of sp³-hybridized carbons (Fsp3) is 0.500. The number of benzene rings is 1. The molecule has 0 saturated heterocycles. The lowest BCUT2D eigenvalue weighted by Crippen LogP contribution is -2.40. The molecule has 0 unspecified atom stereocenters. The topological polar surface area (TPSA) is 72.2 Å². The van der Waals surface area contributed by atoms with E-state index in [1.165, 1.54) is 0 Å². The second-order valence-corrected chi connectivity index (χ2v) is 6.61. The van der Waals surface area contributed by atoms with Gasteiger partial charge >= 0.3 is 0 Å². The summed E-state index contributed by atoms with van der Waals surface area (Å²) in [7, 11) is -4.22. The summed E-state index contributed by atoms with van der Waals surface area (Å²) in [5, 5.41) is 0. The fourth-order valence-electron chi connectivity index (χ4n) is 2.23. The molecule has 3 N–H and O–H groups in total. The van der Waals surface area contributed by atoms with Crippen LogP contribution in [0.3, 0.4) is 0 Å². The summed E-state index contributed by atoms with van der Waals surface area (Å²) in [6.45, 7) is 0. The van der Waals surface area contributed by atoms with Crippen LogP contribution in [0.15, 0.2) is 17.0 Å². The standard InChI is InChI=1S/C12H15F3N2O2S/c13-9-5-11(15)12(6-10(9)14)20(18,19)17-8-3-1-7(16)2-4-8/h5-8,17H,1-4,16H2. The van der Waals surface area contributed by atoms with Crippen LogP contribution >= 0.6 is 0 Å². The lowest BCUT2D eigenvalue weighted by molar-refractivity contribution is 0.373. The van der Waals surface area contributed by atoms with Crippen LogP contribution in [0.5, 0.6) is 0 Å². The first-order valence-electron chi connectivity index (χ1n) is 6.22. The Morgan fingerprint density at radius 2 is 1.55 bits per heavy atom. The van der Waals surface area contributed by atoms with E-state index in [1.54, 1.807) is 0 Å². The average molecular weight is 308 g/mol. The smallest absolute Gasteiger partial charge is 0.243 e. The Bertz CT molecular complexity index is 599. The van der Waals surface area contributed by atoms with Gasteiger partial charge in [0.05, 0.1) is 0 Å². The zero-order valence-corrected chi connectivity index (χ0v) is 11.4. The van der Waals surface area contributed by atoms with Gasteiger partial charge in [-0.15, -0.1) is 0 Å². The average Bonchev–Trinajstić information content (AvgIpc) is 2.36. The van der Waals surface area contributed by atoms with Gasteiger partial charge in [0, 0.05) is 18.2 Å². The van der Waals surface area contributed by atoms with Crippen molar-refractivity contribution in [3.8, 4) is 0 Å². The van der Waals surface area contributed by atoms with Crippen LogP contribution in [0.25, 0.3) is 0 Å². The van der Waals surface area contributed by atoms with Crippen LogP contribution in [0, 0.1) is 17.5 Å². The fourth-order valence-corrected chi connectivity index (χ4v) is 3.61. The summed E-state index contributed by atoms with van der Waals surface area (Å²) in [5.74, 6) is -4.15. The molecule has 20 heavy (non-hydrogen) atoms. The molecular formula is C12H15F3N2O2S. The van der Waals surface area contributed by atoms with Crippen molar-refractivity contribution >= 4 is 10.0 Å². The highest BCUT2D eigenvalue weighted by molar-refractivity contribution is 7.89. The van der Waals surface area contributed by atoms with Gasteiger partial charge in [-0.2, -0.15) is 0 Å². The highest BCUT2D eigenvalue weighted by Crippen LogP contribution is 2.22. The van der Waals surface area contributed by atoms with E-state index in [9.17, 15) is 21.6 Å². The predicted molar refractivity (Wildman–Crippen MR) is 66.9 cm³/mol. The number of halogens is 3. The van der Waals surface area contributed by atoms with Gasteiger partial charge in [-0.25, -0.2) is 26.3 Å². The molecule has 8 heteroatoms. The second kappa shape index (κ2) is 5.71. The van der Waals surface area contributed by atoms with Gasteiger partial charge in [0.25, 0.3) is 0 Å². The van der Waals surface area contributed by atoms with E-state index >= 15 is 0 Å². The van der Waals surface area contributed by atoms with Crippen LogP contribution in [0.4, 0.5) is 13.2 Å². The van der Waals surface area contributed by atoms with Crippen molar-refractivity contribution in [3.63, 3.8) is 0 Å². The summed E-state index contributed by atoms with van der Waals surface area (Å²) in [4.78, 5) is -0.883. The molecule has 0 amide bonds. The molecule has 1 fully saturated rings. The van der Waals surface area contributed by atoms with Gasteiger partial charge in [-0.05, 0) is 31.7 Å². The van der Waals surface area contributed by atoms with E-state index < -0.39 is 32.4 Å². The van der Waals surface area contributed by atoms with Gasteiger partial charge in [0.2, 0.25) is 10.0 Å². The minimum Gasteiger partial charge on any atom is -0.328 e. The molecule has 0 aliphatic heterocycles. The summed E-state index contributed by atoms with van der Waals surface area (Å²) < 4.78 is 65.7. The van der Waals surface area contributed by atoms with Crippen molar-refractivity contribution in [1.29, 1.82) is 0 Å². The van der Waals surface area contributed by atoms with E-state index in [4.69, 9.17) is 5.73 Å². The van der Waals surface area contributed by atoms with E-state index in [2.05, 4.69) is 4.72 Å². The molecule has 112 valence electrons. The second-order valence-electron chi connectivity index (χ2n) is 4.93. The van der Waals surface area contributed by atoms with Gasteiger partial charge < -0.3 is 5.73 Å². The molecule has 0 bridgehead atoms. The van der Waals surface area contributed by atoms with E-state index in [1.807, 2.05) is 0 Å². The molecule has 0 spiro atoms. The Morgan fingerprint density at radius 1 is 1.00 bits per heavy atom. The minimum atomic E-state index is -4.22. The van der Waals surface area contributed by atoms with Crippen LogP contribution in [0.1, 0.15) is 25.7 Å². The monoisotopic (exact) mass is 308 g/mol. The molecule has 1 saturated carbocycles. The molecule has 1 aromatic carbocycles. The molecule has 4 nitrogen and oxygen atoms in total. The maximum atomic E-state index is 13.5. The number of nitrogens with two attached hydrogens (primary N) is 1. The molecule has 0 heterocycles. The van der Waals surface area contributed by atoms with Gasteiger partial charge in [-0.3, -0.25) is 0 Å². The van der Waals surface area contributed by atoms with Crippen molar-refractivity contribution in [2.24, 2.45) is 5.73 Å². The summed E-state index contributed by atoms with van der Waals surface area (Å²) >= 11 is 0. The Labute approximate surface area is 115 Å². The highest BCUT2D eigenvalue weighted by atomic mass is 32.2. The third-order valence-corrected chi connectivity index (χ3v) is 4.89. The minimum absolute atomic E-state index is 0.0377. The van der Waals surface area contributed by atoms with Crippen LogP contribution < -0.4 is 10.5 Å². The van der Waals surface area contributed by atoms with Crippen molar-refractivity contribution < 1.29 is 21.6 Å². The van der Waals surface area contributed by atoms with Crippen LogP contribution in [-0.2, 0) is 10.0 Å². The molecule has 0 atom stereocenters. The number of hydrogen-bond acceptors (Lipinski definition) is 3. The van der Waals surface area contributed by atoms with Crippen molar-refractivity contribution in [3.05, 3.63) is 29.6 Å². The Balaban J connectivity index is 2.20. The Hall–Kier alpha value is -1.12. The first-order valence-corrected chi connectivity index (χ1v) is 7.70. The predicted octanol–water partition coefficient (Wildman–Crippen LogP) is 1.65. The normalized spacial score (nSPS) is 23.8. The number of rotatable bonds is 3. The molecule has 0 radical (unpaired) electrons. The highest BCUT2D eigenvalue weighted by Gasteiger charge is 2.27. The number of sulfonamides is 1. The van der Waals surface area contributed by atoms with Gasteiger partial charge in [-0.1, -0.05) is 0 Å². The Kier molecular flexibility index (Phi) is 4.36. The molecular weight excluding hydrogens is 293 g/mol. The van der Waals surface area contributed by atoms with Gasteiger partial charge in [0.1, 0.15) is 10.7 Å². The van der Waals surface area contributed by atoms with Crippen LogP contribution in [-0.4, -0.2) is 20.5 Å². The van der Waals surface area contributed by atoms with Gasteiger partial charge in [0.15, 0.2) is 11.6 Å². The quantitative estimate of drug-likeness (QED) is 0.834. The summed E-state index contributed by atoms with van der Waals surface area (Å²) in [5.41, 5.74) is 5.70. The molecule has 1 aliphatic rings. The third-order valence-electron chi connectivity index (χ3n) is 3.36. The maximum absolute atomic E-state index is 13.5. The molecule has 0 aromatic heterocycles. The van der Waals surface area contributed by atoms with Crippen LogP contribution in [0.2, 0.25) is 0 Å².